The zero-order valence-electron chi connectivity index (χ0n) is 8.46. The molecule has 1 heterocycles. The maximum Gasteiger partial charge on any atom is 0.148 e. The molecule has 0 atom stereocenters. The average Bonchev–Trinajstić information content (AvgIpc) is 2.87. The van der Waals surface area contributed by atoms with Crippen LogP contribution in [0, 0.1) is 5.82 Å². The van der Waals surface area contributed by atoms with E-state index in [0.29, 0.717) is 17.5 Å². The van der Waals surface area contributed by atoms with E-state index in [1.165, 1.54) is 6.07 Å². The highest BCUT2D eigenvalue weighted by Gasteiger charge is 2.24. The van der Waals surface area contributed by atoms with Crippen LogP contribution in [0.25, 0.3) is 0 Å². The summed E-state index contributed by atoms with van der Waals surface area (Å²) in [4.78, 5) is 4.06. The van der Waals surface area contributed by atoms with Crippen molar-refractivity contribution in [1.29, 1.82) is 0 Å². The fourth-order valence-electron chi connectivity index (χ4n) is 1.30. The molecule has 0 N–H and O–H groups in total. The van der Waals surface area contributed by atoms with E-state index in [1.807, 2.05) is 13.8 Å². The Kier molecular flexibility index (Phi) is 2.40. The van der Waals surface area contributed by atoms with E-state index < -0.39 is 0 Å². The molecular weight excluding hydrogens is 181 g/mol. The molecular formula is C11H14FNO. The lowest BCUT2D eigenvalue weighted by atomic mass is 10.1. The number of pyridine rings is 1. The van der Waals surface area contributed by atoms with E-state index in [2.05, 4.69) is 4.98 Å². The van der Waals surface area contributed by atoms with Gasteiger partial charge in [0.05, 0.1) is 18.0 Å². The van der Waals surface area contributed by atoms with E-state index in [0.717, 1.165) is 12.8 Å². The molecule has 1 aromatic heterocycles. The van der Waals surface area contributed by atoms with E-state index >= 15 is 0 Å². The zero-order valence-corrected chi connectivity index (χ0v) is 8.46. The maximum atomic E-state index is 13.4. The summed E-state index contributed by atoms with van der Waals surface area (Å²) in [6, 6.07) is 1.43. The molecule has 2 rings (SSSR count). The van der Waals surface area contributed by atoms with Crippen molar-refractivity contribution in [3.05, 3.63) is 23.8 Å². The van der Waals surface area contributed by atoms with Crippen molar-refractivity contribution < 1.29 is 9.13 Å². The number of aromatic nitrogens is 1. The third-order valence-electron chi connectivity index (χ3n) is 2.22. The third-order valence-corrected chi connectivity index (χ3v) is 2.22. The molecule has 0 spiro atoms. The Bertz CT molecular complexity index is 334. The minimum Gasteiger partial charge on any atom is -0.489 e. The van der Waals surface area contributed by atoms with Gasteiger partial charge in [-0.1, -0.05) is 13.8 Å². The first-order valence-corrected chi connectivity index (χ1v) is 4.99. The van der Waals surface area contributed by atoms with Gasteiger partial charge in [-0.05, 0) is 18.8 Å². The molecule has 0 aromatic carbocycles. The van der Waals surface area contributed by atoms with Gasteiger partial charge in [0, 0.05) is 6.07 Å². The summed E-state index contributed by atoms with van der Waals surface area (Å²) in [7, 11) is 0. The number of ether oxygens (including phenoxy) is 1. The highest BCUT2D eigenvalue weighted by atomic mass is 19.1. The fraction of sp³-hybridized carbons (Fsp3) is 0.545. The highest BCUT2D eigenvalue weighted by molar-refractivity contribution is 5.23. The molecule has 3 heteroatoms. The van der Waals surface area contributed by atoms with Crippen LogP contribution in [-0.4, -0.2) is 11.1 Å². The van der Waals surface area contributed by atoms with Crippen molar-refractivity contribution in [1.82, 2.24) is 4.98 Å². The van der Waals surface area contributed by atoms with Gasteiger partial charge in [-0.2, -0.15) is 0 Å². The summed E-state index contributed by atoms with van der Waals surface area (Å²) in [6.07, 6.45) is 4.05. The molecule has 76 valence electrons. The van der Waals surface area contributed by atoms with Crippen molar-refractivity contribution in [2.75, 3.05) is 0 Å². The molecule has 0 unspecified atom stereocenters. The molecule has 1 aliphatic carbocycles. The summed E-state index contributed by atoms with van der Waals surface area (Å²) in [5, 5.41) is 0. The van der Waals surface area contributed by atoms with Crippen LogP contribution in [0.1, 0.15) is 38.3 Å². The Labute approximate surface area is 83.1 Å². The fourth-order valence-corrected chi connectivity index (χ4v) is 1.30. The monoisotopic (exact) mass is 195 g/mol. The average molecular weight is 195 g/mol. The smallest absolute Gasteiger partial charge is 0.148 e. The second kappa shape index (κ2) is 3.56. The summed E-state index contributed by atoms with van der Waals surface area (Å²) in [5.74, 6) is 0.400. The van der Waals surface area contributed by atoms with Crippen molar-refractivity contribution in [2.45, 2.75) is 38.7 Å². The Morgan fingerprint density at radius 3 is 2.71 bits per heavy atom. The molecule has 1 aromatic rings. The SMILES string of the molecule is CC(C)c1ncc(OC2CC2)cc1F. The van der Waals surface area contributed by atoms with Gasteiger partial charge in [0.2, 0.25) is 0 Å². The van der Waals surface area contributed by atoms with Crippen molar-refractivity contribution in [3.8, 4) is 5.75 Å². The Balaban J connectivity index is 2.16. The first-order chi connectivity index (χ1) is 6.66. The summed E-state index contributed by atoms with van der Waals surface area (Å²) in [6.45, 7) is 3.85. The van der Waals surface area contributed by atoms with Crippen LogP contribution in [-0.2, 0) is 0 Å². The van der Waals surface area contributed by atoms with Crippen LogP contribution in [0.3, 0.4) is 0 Å². The van der Waals surface area contributed by atoms with Gasteiger partial charge in [0.1, 0.15) is 11.6 Å². The van der Waals surface area contributed by atoms with Crippen LogP contribution < -0.4 is 4.74 Å². The lowest BCUT2D eigenvalue weighted by Crippen LogP contribution is -2.01. The number of nitrogens with zero attached hydrogens (tertiary/aromatic N) is 1. The number of hydrogen-bond donors (Lipinski definition) is 0. The second-order valence-electron chi connectivity index (χ2n) is 4.01. The maximum absolute atomic E-state index is 13.4. The molecule has 1 fully saturated rings. The van der Waals surface area contributed by atoms with Gasteiger partial charge in [-0.15, -0.1) is 0 Å². The molecule has 1 aliphatic rings. The predicted octanol–water partition coefficient (Wildman–Crippen LogP) is 2.89. The summed E-state index contributed by atoms with van der Waals surface area (Å²) in [5.41, 5.74) is 0.508. The van der Waals surface area contributed by atoms with Gasteiger partial charge >= 0.3 is 0 Å². The number of rotatable bonds is 3. The summed E-state index contributed by atoms with van der Waals surface area (Å²) < 4.78 is 18.9. The quantitative estimate of drug-likeness (QED) is 0.739. The van der Waals surface area contributed by atoms with Gasteiger partial charge < -0.3 is 4.74 Å². The van der Waals surface area contributed by atoms with Crippen LogP contribution >= 0.6 is 0 Å². The molecule has 0 aliphatic heterocycles. The number of hydrogen-bond acceptors (Lipinski definition) is 2. The normalized spacial score (nSPS) is 16.0. The lowest BCUT2D eigenvalue weighted by molar-refractivity contribution is 0.299. The molecule has 0 bridgehead atoms. The largest absolute Gasteiger partial charge is 0.489 e. The Morgan fingerprint density at radius 2 is 2.21 bits per heavy atom. The standard InChI is InChI=1S/C11H14FNO/c1-7(2)11-10(12)5-9(6-13-11)14-8-3-4-8/h5-8H,3-4H2,1-2H3. The molecule has 0 saturated heterocycles. The van der Waals surface area contributed by atoms with Crippen LogP contribution in [0.15, 0.2) is 12.3 Å². The van der Waals surface area contributed by atoms with Crippen molar-refractivity contribution >= 4 is 0 Å². The van der Waals surface area contributed by atoms with Gasteiger partial charge in [-0.3, -0.25) is 4.98 Å². The minimum absolute atomic E-state index is 0.116. The Morgan fingerprint density at radius 1 is 1.50 bits per heavy atom. The third kappa shape index (κ3) is 2.03. The van der Waals surface area contributed by atoms with Crippen LogP contribution in [0.4, 0.5) is 4.39 Å². The summed E-state index contributed by atoms with van der Waals surface area (Å²) >= 11 is 0. The van der Waals surface area contributed by atoms with Crippen molar-refractivity contribution in [2.24, 2.45) is 0 Å². The molecule has 0 radical (unpaired) electrons. The van der Waals surface area contributed by atoms with Gasteiger partial charge in [-0.25, -0.2) is 4.39 Å². The topological polar surface area (TPSA) is 22.1 Å². The second-order valence-corrected chi connectivity index (χ2v) is 4.01. The molecule has 2 nitrogen and oxygen atoms in total. The van der Waals surface area contributed by atoms with Gasteiger partial charge in [0.15, 0.2) is 0 Å². The predicted molar refractivity (Wildman–Crippen MR) is 51.9 cm³/mol. The van der Waals surface area contributed by atoms with E-state index in [1.54, 1.807) is 6.20 Å². The van der Waals surface area contributed by atoms with Crippen LogP contribution in [0.5, 0.6) is 5.75 Å². The highest BCUT2D eigenvalue weighted by Crippen LogP contribution is 2.27. The van der Waals surface area contributed by atoms with Crippen molar-refractivity contribution in [3.63, 3.8) is 0 Å². The van der Waals surface area contributed by atoms with Crippen LogP contribution in [0.2, 0.25) is 0 Å². The molecule has 14 heavy (non-hydrogen) atoms. The zero-order chi connectivity index (χ0) is 10.1. The van der Waals surface area contributed by atoms with E-state index in [-0.39, 0.29) is 11.7 Å². The minimum atomic E-state index is -0.266. The Hall–Kier alpha value is -1.12. The van der Waals surface area contributed by atoms with E-state index in [4.69, 9.17) is 4.74 Å². The lowest BCUT2D eigenvalue weighted by Gasteiger charge is -2.08. The number of halogens is 1. The first-order valence-electron chi connectivity index (χ1n) is 4.99. The first kappa shape index (κ1) is 9.44. The van der Waals surface area contributed by atoms with Gasteiger partial charge in [0.25, 0.3) is 0 Å². The van der Waals surface area contributed by atoms with E-state index in [9.17, 15) is 4.39 Å². The molecule has 0 amide bonds. The molecule has 1 saturated carbocycles.